The number of phenolic OH excluding ortho intramolecular Hbond substituents is 1. The maximum absolute atomic E-state index is 13.9. The minimum absolute atomic E-state index is 0.0555. The van der Waals surface area contributed by atoms with Crippen LogP contribution in [0.4, 0.5) is 4.39 Å². The van der Waals surface area contributed by atoms with Gasteiger partial charge < -0.3 is 5.11 Å². The van der Waals surface area contributed by atoms with Crippen LogP contribution in [-0.4, -0.2) is 5.11 Å². The number of rotatable bonds is 1. The molecule has 3 heteroatoms. The van der Waals surface area contributed by atoms with Crippen LogP contribution in [0.5, 0.6) is 5.75 Å². The molecule has 0 saturated heterocycles. The number of benzene rings is 3. The molecule has 0 unspecified atom stereocenters. The quantitative estimate of drug-likeness (QED) is 0.660. The number of aromatic hydroxyl groups is 1. The highest BCUT2D eigenvalue weighted by molar-refractivity contribution is 6.31. The molecule has 0 heterocycles. The maximum atomic E-state index is 13.9. The summed E-state index contributed by atoms with van der Waals surface area (Å²) in [7, 11) is 0. The second kappa shape index (κ2) is 4.56. The molecule has 3 aromatic rings. The van der Waals surface area contributed by atoms with Crippen molar-refractivity contribution in [1.29, 1.82) is 0 Å². The van der Waals surface area contributed by atoms with Gasteiger partial charge >= 0.3 is 0 Å². The fourth-order valence-corrected chi connectivity index (χ4v) is 2.42. The Morgan fingerprint density at radius 3 is 2.53 bits per heavy atom. The van der Waals surface area contributed by atoms with E-state index in [1.807, 2.05) is 0 Å². The standard InChI is InChI=1S/C16H10ClFO/c17-11-6-7-12-10(9-11)5-8-15(19)16(12)13-3-1-2-4-14(13)18/h1-9,19H. The van der Waals surface area contributed by atoms with Gasteiger partial charge in [-0.25, -0.2) is 4.39 Å². The summed E-state index contributed by atoms with van der Waals surface area (Å²) in [5.41, 5.74) is 0.875. The molecule has 3 rings (SSSR count). The van der Waals surface area contributed by atoms with Crippen molar-refractivity contribution in [3.63, 3.8) is 0 Å². The lowest BCUT2D eigenvalue weighted by atomic mass is 9.97. The first-order chi connectivity index (χ1) is 9.16. The third kappa shape index (κ3) is 2.04. The Kier molecular flexibility index (Phi) is 2.88. The molecule has 0 saturated carbocycles. The molecule has 0 fully saturated rings. The van der Waals surface area contributed by atoms with E-state index in [0.29, 0.717) is 16.1 Å². The van der Waals surface area contributed by atoms with Crippen LogP contribution in [0.2, 0.25) is 5.02 Å². The van der Waals surface area contributed by atoms with E-state index in [1.165, 1.54) is 6.07 Å². The monoisotopic (exact) mass is 272 g/mol. The molecule has 3 aromatic carbocycles. The maximum Gasteiger partial charge on any atom is 0.131 e. The summed E-state index contributed by atoms with van der Waals surface area (Å²) in [4.78, 5) is 0. The second-order valence-electron chi connectivity index (χ2n) is 4.30. The fraction of sp³-hybridized carbons (Fsp3) is 0. The summed E-state index contributed by atoms with van der Waals surface area (Å²) >= 11 is 5.95. The predicted molar refractivity (Wildman–Crippen MR) is 76.0 cm³/mol. The number of hydrogen-bond acceptors (Lipinski definition) is 1. The molecule has 0 aliphatic carbocycles. The van der Waals surface area contributed by atoms with Crippen LogP contribution in [0.1, 0.15) is 0 Å². The Morgan fingerprint density at radius 1 is 0.947 bits per heavy atom. The van der Waals surface area contributed by atoms with Crippen LogP contribution >= 0.6 is 11.6 Å². The van der Waals surface area contributed by atoms with E-state index in [0.717, 1.165) is 10.8 Å². The van der Waals surface area contributed by atoms with E-state index >= 15 is 0 Å². The Labute approximate surface area is 114 Å². The Bertz CT molecular complexity index is 768. The summed E-state index contributed by atoms with van der Waals surface area (Å²) in [6.45, 7) is 0. The normalized spacial score (nSPS) is 10.8. The van der Waals surface area contributed by atoms with E-state index in [-0.39, 0.29) is 11.6 Å². The summed E-state index contributed by atoms with van der Waals surface area (Å²) in [5, 5.41) is 12.3. The second-order valence-corrected chi connectivity index (χ2v) is 4.74. The summed E-state index contributed by atoms with van der Waals surface area (Å²) in [6.07, 6.45) is 0. The zero-order valence-electron chi connectivity index (χ0n) is 9.90. The van der Waals surface area contributed by atoms with Crippen molar-refractivity contribution in [2.24, 2.45) is 0 Å². The van der Waals surface area contributed by atoms with Crippen molar-refractivity contribution >= 4 is 22.4 Å². The first-order valence-corrected chi connectivity index (χ1v) is 6.21. The van der Waals surface area contributed by atoms with Gasteiger partial charge in [-0.3, -0.25) is 0 Å². The van der Waals surface area contributed by atoms with E-state index in [2.05, 4.69) is 0 Å². The van der Waals surface area contributed by atoms with Crippen LogP contribution in [0, 0.1) is 5.82 Å². The Hall–Kier alpha value is -2.06. The largest absolute Gasteiger partial charge is 0.507 e. The van der Waals surface area contributed by atoms with Crippen molar-refractivity contribution in [3.05, 3.63) is 65.4 Å². The molecule has 0 aliphatic heterocycles. The molecule has 0 spiro atoms. The zero-order valence-corrected chi connectivity index (χ0v) is 10.7. The van der Waals surface area contributed by atoms with Crippen molar-refractivity contribution in [2.45, 2.75) is 0 Å². The molecular formula is C16H10ClFO. The van der Waals surface area contributed by atoms with Crippen LogP contribution < -0.4 is 0 Å². The number of halogens is 2. The molecule has 0 radical (unpaired) electrons. The van der Waals surface area contributed by atoms with Crippen LogP contribution in [0.25, 0.3) is 21.9 Å². The average Bonchev–Trinajstić information content (AvgIpc) is 2.40. The number of hydrogen-bond donors (Lipinski definition) is 1. The van der Waals surface area contributed by atoms with Crippen molar-refractivity contribution in [3.8, 4) is 16.9 Å². The van der Waals surface area contributed by atoms with Gasteiger partial charge in [0.25, 0.3) is 0 Å². The van der Waals surface area contributed by atoms with Crippen LogP contribution in [0.3, 0.4) is 0 Å². The minimum atomic E-state index is -0.361. The zero-order chi connectivity index (χ0) is 13.4. The average molecular weight is 273 g/mol. The van der Waals surface area contributed by atoms with E-state index < -0.39 is 0 Å². The van der Waals surface area contributed by atoms with Gasteiger partial charge in [-0.2, -0.15) is 0 Å². The molecule has 1 nitrogen and oxygen atoms in total. The number of fused-ring (bicyclic) bond motifs is 1. The van der Waals surface area contributed by atoms with Gasteiger partial charge in [0.2, 0.25) is 0 Å². The summed E-state index contributed by atoms with van der Waals surface area (Å²) in [5.74, 6) is -0.305. The molecule has 0 atom stereocenters. The molecule has 94 valence electrons. The summed E-state index contributed by atoms with van der Waals surface area (Å²) in [6, 6.07) is 15.0. The Balaban J connectivity index is 2.40. The molecule has 0 amide bonds. The van der Waals surface area contributed by atoms with Gasteiger partial charge in [-0.05, 0) is 35.0 Å². The highest BCUT2D eigenvalue weighted by Gasteiger charge is 2.13. The van der Waals surface area contributed by atoms with Gasteiger partial charge in [-0.1, -0.05) is 41.9 Å². The molecular weight excluding hydrogens is 263 g/mol. The van der Waals surface area contributed by atoms with E-state index in [1.54, 1.807) is 48.5 Å². The van der Waals surface area contributed by atoms with Gasteiger partial charge in [-0.15, -0.1) is 0 Å². The minimum Gasteiger partial charge on any atom is -0.507 e. The third-order valence-corrected chi connectivity index (χ3v) is 3.34. The van der Waals surface area contributed by atoms with Gasteiger partial charge in [0.15, 0.2) is 0 Å². The summed E-state index contributed by atoms with van der Waals surface area (Å²) < 4.78 is 13.9. The lowest BCUT2D eigenvalue weighted by Gasteiger charge is -2.10. The van der Waals surface area contributed by atoms with Crippen molar-refractivity contribution in [1.82, 2.24) is 0 Å². The molecule has 1 N–H and O–H groups in total. The molecule has 0 aromatic heterocycles. The lowest BCUT2D eigenvalue weighted by Crippen LogP contribution is -1.87. The SMILES string of the molecule is Oc1ccc2cc(Cl)ccc2c1-c1ccccc1F. The van der Waals surface area contributed by atoms with Crippen molar-refractivity contribution < 1.29 is 9.50 Å². The fourth-order valence-electron chi connectivity index (χ4n) is 2.24. The first kappa shape index (κ1) is 12.0. The smallest absolute Gasteiger partial charge is 0.131 e. The van der Waals surface area contributed by atoms with Gasteiger partial charge in [0, 0.05) is 16.1 Å². The lowest BCUT2D eigenvalue weighted by molar-refractivity contribution is 0.477. The predicted octanol–water partition coefficient (Wildman–Crippen LogP) is 5.00. The highest BCUT2D eigenvalue weighted by atomic mass is 35.5. The highest BCUT2D eigenvalue weighted by Crippen LogP contribution is 2.38. The van der Waals surface area contributed by atoms with Gasteiger partial charge in [0.1, 0.15) is 11.6 Å². The van der Waals surface area contributed by atoms with Crippen molar-refractivity contribution in [2.75, 3.05) is 0 Å². The Morgan fingerprint density at radius 2 is 1.74 bits per heavy atom. The first-order valence-electron chi connectivity index (χ1n) is 5.83. The topological polar surface area (TPSA) is 20.2 Å². The molecule has 0 bridgehead atoms. The number of phenols is 1. The molecule has 19 heavy (non-hydrogen) atoms. The molecule has 0 aliphatic rings. The van der Waals surface area contributed by atoms with Crippen LogP contribution in [0.15, 0.2) is 54.6 Å². The van der Waals surface area contributed by atoms with Crippen LogP contribution in [-0.2, 0) is 0 Å². The van der Waals surface area contributed by atoms with Gasteiger partial charge in [0.05, 0.1) is 0 Å². The van der Waals surface area contributed by atoms with E-state index in [4.69, 9.17) is 11.6 Å². The third-order valence-electron chi connectivity index (χ3n) is 3.10. The van der Waals surface area contributed by atoms with E-state index in [9.17, 15) is 9.50 Å².